The molecule has 0 unspecified atom stereocenters. The van der Waals surface area contributed by atoms with E-state index in [4.69, 9.17) is 5.11 Å². The Balaban J connectivity index is 2.31. The minimum atomic E-state index is 0.199. The van der Waals surface area contributed by atoms with Crippen LogP contribution in [0.2, 0.25) is 0 Å². The first kappa shape index (κ1) is 14.7. The molecule has 108 valence electrons. The molecule has 2 rings (SSSR count). The molecular formula is C15H22N4O. The number of rotatable bonds is 6. The number of aromatic nitrogens is 4. The number of hydrogen-bond acceptors (Lipinski definition) is 4. The van der Waals surface area contributed by atoms with Crippen LogP contribution in [0.25, 0.3) is 5.95 Å². The van der Waals surface area contributed by atoms with E-state index in [1.54, 1.807) is 4.68 Å². The van der Waals surface area contributed by atoms with Gasteiger partial charge in [0.1, 0.15) is 0 Å². The summed E-state index contributed by atoms with van der Waals surface area (Å²) in [5, 5.41) is 13.6. The largest absolute Gasteiger partial charge is 0.396 e. The van der Waals surface area contributed by atoms with Gasteiger partial charge in [0, 0.05) is 25.2 Å². The van der Waals surface area contributed by atoms with E-state index in [0.29, 0.717) is 11.9 Å². The van der Waals surface area contributed by atoms with Crippen LogP contribution in [0.3, 0.4) is 0 Å². The number of aryl methyl sites for hydroxylation is 2. The Hall–Kier alpha value is -1.75. The highest BCUT2D eigenvalue weighted by molar-refractivity contribution is 5.25. The van der Waals surface area contributed by atoms with Crippen molar-refractivity contribution in [2.75, 3.05) is 6.61 Å². The molecule has 20 heavy (non-hydrogen) atoms. The van der Waals surface area contributed by atoms with Gasteiger partial charge in [-0.1, -0.05) is 20.8 Å². The van der Waals surface area contributed by atoms with Gasteiger partial charge in [-0.25, -0.2) is 14.6 Å². The Morgan fingerprint density at radius 1 is 1.25 bits per heavy atom. The Labute approximate surface area is 119 Å². The number of nitrogens with zero attached hydrogens (tertiary/aromatic N) is 4. The van der Waals surface area contributed by atoms with Crippen LogP contribution < -0.4 is 0 Å². The topological polar surface area (TPSA) is 63.8 Å². The maximum Gasteiger partial charge on any atom is 0.250 e. The van der Waals surface area contributed by atoms with Crippen molar-refractivity contribution in [3.8, 4) is 5.95 Å². The van der Waals surface area contributed by atoms with Crippen molar-refractivity contribution in [1.29, 1.82) is 0 Å². The van der Waals surface area contributed by atoms with E-state index in [2.05, 4.69) is 35.8 Å². The summed E-state index contributed by atoms with van der Waals surface area (Å²) >= 11 is 0. The molecule has 2 heterocycles. The van der Waals surface area contributed by atoms with Gasteiger partial charge in [-0.2, -0.15) is 5.10 Å². The van der Waals surface area contributed by atoms with Gasteiger partial charge in [0.25, 0.3) is 0 Å². The average Bonchev–Trinajstić information content (AvgIpc) is 2.89. The lowest BCUT2D eigenvalue weighted by Crippen LogP contribution is -2.03. The number of hydrogen-bond donors (Lipinski definition) is 1. The van der Waals surface area contributed by atoms with Gasteiger partial charge in [-0.15, -0.1) is 0 Å². The fraction of sp³-hybridized carbons (Fsp3) is 0.533. The van der Waals surface area contributed by atoms with Crippen molar-refractivity contribution < 1.29 is 5.11 Å². The first-order valence-corrected chi connectivity index (χ1v) is 7.16. The van der Waals surface area contributed by atoms with Crippen LogP contribution in [0, 0.1) is 0 Å². The summed E-state index contributed by atoms with van der Waals surface area (Å²) in [5.41, 5.74) is 3.34. The third-order valence-electron chi connectivity index (χ3n) is 3.28. The van der Waals surface area contributed by atoms with Crippen LogP contribution in [-0.2, 0) is 12.8 Å². The van der Waals surface area contributed by atoms with Gasteiger partial charge in [0.05, 0.1) is 5.69 Å². The lowest BCUT2D eigenvalue weighted by atomic mass is 10.0. The maximum absolute atomic E-state index is 8.99. The molecule has 0 saturated heterocycles. The second-order valence-corrected chi connectivity index (χ2v) is 5.21. The molecule has 0 bridgehead atoms. The summed E-state index contributed by atoms with van der Waals surface area (Å²) < 4.78 is 1.74. The molecule has 5 heteroatoms. The molecule has 0 fully saturated rings. The molecule has 5 nitrogen and oxygen atoms in total. The summed E-state index contributed by atoms with van der Waals surface area (Å²) in [5.74, 6) is 0.944. The molecule has 0 saturated carbocycles. The minimum absolute atomic E-state index is 0.199. The van der Waals surface area contributed by atoms with E-state index in [1.807, 2.05) is 18.6 Å². The lowest BCUT2D eigenvalue weighted by molar-refractivity contribution is 0.288. The predicted molar refractivity (Wildman–Crippen MR) is 78.0 cm³/mol. The molecule has 0 aliphatic rings. The van der Waals surface area contributed by atoms with Gasteiger partial charge in [-0.3, -0.25) is 0 Å². The van der Waals surface area contributed by atoms with Crippen molar-refractivity contribution in [2.45, 2.75) is 46.0 Å². The first-order valence-electron chi connectivity index (χ1n) is 7.16. The van der Waals surface area contributed by atoms with E-state index in [0.717, 1.165) is 36.1 Å². The first-order chi connectivity index (χ1) is 9.65. The molecular weight excluding hydrogens is 252 g/mol. The van der Waals surface area contributed by atoms with Crippen molar-refractivity contribution in [2.24, 2.45) is 0 Å². The summed E-state index contributed by atoms with van der Waals surface area (Å²) in [6.07, 6.45) is 8.17. The van der Waals surface area contributed by atoms with Crippen LogP contribution in [0.15, 0.2) is 18.6 Å². The van der Waals surface area contributed by atoms with Crippen LogP contribution in [0.5, 0.6) is 0 Å². The molecule has 0 aliphatic carbocycles. The van der Waals surface area contributed by atoms with Gasteiger partial charge in [-0.05, 0) is 36.3 Å². The highest BCUT2D eigenvalue weighted by Crippen LogP contribution is 2.20. The summed E-state index contributed by atoms with van der Waals surface area (Å²) in [7, 11) is 0. The Kier molecular flexibility index (Phi) is 4.84. The van der Waals surface area contributed by atoms with Gasteiger partial charge >= 0.3 is 0 Å². The molecule has 2 aromatic heterocycles. The maximum atomic E-state index is 8.99. The molecule has 2 aromatic rings. The van der Waals surface area contributed by atoms with E-state index >= 15 is 0 Å². The molecule has 0 spiro atoms. The fourth-order valence-corrected chi connectivity index (χ4v) is 2.12. The van der Waals surface area contributed by atoms with E-state index in [1.165, 1.54) is 0 Å². The van der Waals surface area contributed by atoms with Crippen molar-refractivity contribution in [3.05, 3.63) is 35.4 Å². The Morgan fingerprint density at radius 2 is 1.95 bits per heavy atom. The van der Waals surface area contributed by atoms with E-state index < -0.39 is 0 Å². The Bertz CT molecular complexity index is 546. The van der Waals surface area contributed by atoms with Gasteiger partial charge < -0.3 is 5.11 Å². The van der Waals surface area contributed by atoms with E-state index in [-0.39, 0.29) is 6.61 Å². The molecule has 0 amide bonds. The quantitative estimate of drug-likeness (QED) is 0.877. The number of aliphatic hydroxyl groups is 1. The highest BCUT2D eigenvalue weighted by Gasteiger charge is 2.14. The summed E-state index contributed by atoms with van der Waals surface area (Å²) in [6, 6.07) is 0. The second-order valence-electron chi connectivity index (χ2n) is 5.21. The van der Waals surface area contributed by atoms with E-state index in [9.17, 15) is 0 Å². The lowest BCUT2D eigenvalue weighted by Gasteiger charge is -2.03. The third-order valence-corrected chi connectivity index (χ3v) is 3.28. The summed E-state index contributed by atoms with van der Waals surface area (Å²) in [6.45, 7) is 6.52. The van der Waals surface area contributed by atoms with Crippen LogP contribution in [-0.4, -0.2) is 31.5 Å². The summed E-state index contributed by atoms with van der Waals surface area (Å²) in [4.78, 5) is 8.71. The minimum Gasteiger partial charge on any atom is -0.396 e. The van der Waals surface area contributed by atoms with Crippen molar-refractivity contribution >= 4 is 0 Å². The smallest absolute Gasteiger partial charge is 0.250 e. The normalized spacial score (nSPS) is 11.2. The monoisotopic (exact) mass is 274 g/mol. The van der Waals surface area contributed by atoms with Gasteiger partial charge in [0.2, 0.25) is 5.95 Å². The standard InChI is InChI=1S/C15H22N4O/c1-4-12-8-16-15(17-9-12)19-10-13(6-5-7-20)14(18-19)11(2)3/h8-11,20H,4-7H2,1-3H3. The van der Waals surface area contributed by atoms with Gasteiger partial charge in [0.15, 0.2) is 0 Å². The molecule has 0 atom stereocenters. The van der Waals surface area contributed by atoms with Crippen LogP contribution in [0.4, 0.5) is 0 Å². The number of aliphatic hydroxyl groups excluding tert-OH is 1. The van der Waals surface area contributed by atoms with Crippen molar-refractivity contribution in [1.82, 2.24) is 19.7 Å². The van der Waals surface area contributed by atoms with Crippen molar-refractivity contribution in [3.63, 3.8) is 0 Å². The zero-order valence-electron chi connectivity index (χ0n) is 12.4. The predicted octanol–water partition coefficient (Wildman–Crippen LogP) is 2.27. The van der Waals surface area contributed by atoms with Crippen LogP contribution >= 0.6 is 0 Å². The third kappa shape index (κ3) is 3.22. The second kappa shape index (κ2) is 6.61. The zero-order chi connectivity index (χ0) is 14.5. The molecule has 1 N–H and O–H groups in total. The highest BCUT2D eigenvalue weighted by atomic mass is 16.2. The SMILES string of the molecule is CCc1cnc(-n2cc(CCCO)c(C(C)C)n2)nc1. The molecule has 0 aliphatic heterocycles. The molecule has 0 radical (unpaired) electrons. The van der Waals surface area contributed by atoms with Crippen LogP contribution in [0.1, 0.15) is 49.9 Å². The Morgan fingerprint density at radius 3 is 2.50 bits per heavy atom. The average molecular weight is 274 g/mol. The molecule has 0 aromatic carbocycles. The zero-order valence-corrected chi connectivity index (χ0v) is 12.4. The fourth-order valence-electron chi connectivity index (χ4n) is 2.12.